The van der Waals surface area contributed by atoms with Crippen molar-refractivity contribution in [1.29, 1.82) is 0 Å². The first-order valence-electron chi connectivity index (χ1n) is 8.75. The van der Waals surface area contributed by atoms with Gasteiger partial charge in [0.2, 0.25) is 17.8 Å². The monoisotopic (exact) mass is 386 g/mol. The molecule has 0 radical (unpaired) electrons. The lowest BCUT2D eigenvalue weighted by atomic mass is 9.81. The van der Waals surface area contributed by atoms with E-state index in [0.717, 1.165) is 25.7 Å². The Morgan fingerprint density at radius 2 is 1.48 bits per heavy atom. The molecular formula is C18H18N4O4S. The third-order valence-electron chi connectivity index (χ3n) is 5.04. The van der Waals surface area contributed by atoms with Crippen LogP contribution in [0.3, 0.4) is 0 Å². The lowest BCUT2D eigenvalue weighted by Gasteiger charge is -2.19. The molecule has 0 bridgehead atoms. The van der Waals surface area contributed by atoms with Crippen molar-refractivity contribution in [2.75, 3.05) is 9.62 Å². The van der Waals surface area contributed by atoms with Gasteiger partial charge in [-0.25, -0.2) is 23.1 Å². The molecule has 2 aliphatic rings. The van der Waals surface area contributed by atoms with Crippen molar-refractivity contribution in [2.45, 2.75) is 30.6 Å². The van der Waals surface area contributed by atoms with Crippen LogP contribution in [0.25, 0.3) is 0 Å². The number of nitrogens with one attached hydrogen (secondary N) is 1. The number of anilines is 2. The Bertz CT molecular complexity index is 952. The number of hydrogen-bond acceptors (Lipinski definition) is 6. The van der Waals surface area contributed by atoms with E-state index in [2.05, 4.69) is 14.7 Å². The number of aromatic nitrogens is 2. The zero-order valence-electron chi connectivity index (χ0n) is 14.4. The summed E-state index contributed by atoms with van der Waals surface area (Å²) in [5.74, 6) is -0.888. The van der Waals surface area contributed by atoms with Gasteiger partial charge in [0.25, 0.3) is 10.0 Å². The summed E-state index contributed by atoms with van der Waals surface area (Å²) in [4.78, 5) is 34.1. The van der Waals surface area contributed by atoms with Crippen LogP contribution in [0.1, 0.15) is 25.7 Å². The summed E-state index contributed by atoms with van der Waals surface area (Å²) in [5.41, 5.74) is 0.398. The van der Waals surface area contributed by atoms with E-state index in [1.165, 1.54) is 41.6 Å². The van der Waals surface area contributed by atoms with Crippen LogP contribution in [0.15, 0.2) is 47.6 Å². The molecule has 1 aliphatic heterocycles. The number of rotatable bonds is 4. The minimum atomic E-state index is -3.86. The van der Waals surface area contributed by atoms with Gasteiger partial charge < -0.3 is 0 Å². The molecule has 1 saturated heterocycles. The molecule has 0 spiro atoms. The van der Waals surface area contributed by atoms with Crippen molar-refractivity contribution in [3.8, 4) is 0 Å². The van der Waals surface area contributed by atoms with E-state index in [0.29, 0.717) is 5.69 Å². The zero-order chi connectivity index (χ0) is 19.0. The summed E-state index contributed by atoms with van der Waals surface area (Å²) in [6.45, 7) is 0. The number of hydrogen-bond donors (Lipinski definition) is 1. The summed E-state index contributed by atoms with van der Waals surface area (Å²) in [5, 5.41) is 0. The summed E-state index contributed by atoms with van der Waals surface area (Å²) in [6.07, 6.45) is 6.24. The highest BCUT2D eigenvalue weighted by Gasteiger charge is 2.48. The van der Waals surface area contributed by atoms with Crippen molar-refractivity contribution in [2.24, 2.45) is 11.8 Å². The summed E-state index contributed by atoms with van der Waals surface area (Å²) in [6, 6.07) is 7.27. The molecule has 8 nitrogen and oxygen atoms in total. The average Bonchev–Trinajstić information content (AvgIpc) is 2.93. The van der Waals surface area contributed by atoms with Crippen LogP contribution in [-0.2, 0) is 19.6 Å². The standard InChI is InChI=1S/C18H18N4O4S/c23-16-14-4-1-2-5-15(14)17(24)22(16)12-6-8-13(9-7-12)27(25,26)21-18-19-10-3-11-20-18/h3,6-11,14-15H,1-2,4-5H2,(H,19,20,21)/t14-,15-/m1/s1. The van der Waals surface area contributed by atoms with E-state index >= 15 is 0 Å². The Hall–Kier alpha value is -2.81. The molecule has 0 unspecified atom stereocenters. The first-order chi connectivity index (χ1) is 13.0. The predicted octanol–water partition coefficient (Wildman–Crippen LogP) is 1.96. The quantitative estimate of drug-likeness (QED) is 0.805. The van der Waals surface area contributed by atoms with E-state index in [9.17, 15) is 18.0 Å². The predicted molar refractivity (Wildman–Crippen MR) is 97.2 cm³/mol. The normalized spacial score (nSPS) is 22.6. The van der Waals surface area contributed by atoms with Crippen molar-refractivity contribution in [1.82, 2.24) is 9.97 Å². The Kier molecular flexibility index (Phi) is 4.39. The van der Waals surface area contributed by atoms with Gasteiger partial charge in [0.05, 0.1) is 22.4 Å². The minimum absolute atomic E-state index is 0.00443. The number of fused-ring (bicyclic) bond motifs is 1. The highest BCUT2D eigenvalue weighted by molar-refractivity contribution is 7.92. The van der Waals surface area contributed by atoms with Crippen LogP contribution in [0.4, 0.5) is 11.6 Å². The number of nitrogens with zero attached hydrogens (tertiary/aromatic N) is 3. The van der Waals surface area contributed by atoms with Crippen LogP contribution in [0.5, 0.6) is 0 Å². The summed E-state index contributed by atoms with van der Waals surface area (Å²) in [7, 11) is -3.86. The number of amides is 2. The van der Waals surface area contributed by atoms with E-state index in [4.69, 9.17) is 0 Å². The highest BCUT2D eigenvalue weighted by atomic mass is 32.2. The molecule has 9 heteroatoms. The van der Waals surface area contributed by atoms with Crippen LogP contribution in [0.2, 0.25) is 0 Å². The molecule has 2 fully saturated rings. The van der Waals surface area contributed by atoms with Crippen LogP contribution >= 0.6 is 0 Å². The molecule has 2 aromatic rings. The number of sulfonamides is 1. The largest absolute Gasteiger partial charge is 0.274 e. The molecule has 2 amide bonds. The van der Waals surface area contributed by atoms with Crippen LogP contribution in [0, 0.1) is 11.8 Å². The van der Waals surface area contributed by atoms with Crippen molar-refractivity contribution in [3.63, 3.8) is 0 Å². The van der Waals surface area contributed by atoms with Crippen LogP contribution in [-0.4, -0.2) is 30.2 Å². The fourth-order valence-corrected chi connectivity index (χ4v) is 4.68. The average molecular weight is 386 g/mol. The second-order valence-corrected chi connectivity index (χ2v) is 8.36. The molecule has 2 heterocycles. The van der Waals surface area contributed by atoms with Gasteiger partial charge in [-0.1, -0.05) is 12.8 Å². The van der Waals surface area contributed by atoms with Gasteiger partial charge in [-0.15, -0.1) is 0 Å². The van der Waals surface area contributed by atoms with Gasteiger partial charge >= 0.3 is 0 Å². The Morgan fingerprint density at radius 1 is 0.926 bits per heavy atom. The number of carbonyl (C=O) groups excluding carboxylic acids is 2. The van der Waals surface area contributed by atoms with Gasteiger partial charge in [0, 0.05) is 12.4 Å². The topological polar surface area (TPSA) is 109 Å². The Morgan fingerprint density at radius 3 is 2.04 bits per heavy atom. The van der Waals surface area contributed by atoms with Gasteiger partial charge in [-0.2, -0.15) is 0 Å². The van der Waals surface area contributed by atoms with E-state index in [-0.39, 0.29) is 34.5 Å². The van der Waals surface area contributed by atoms with E-state index < -0.39 is 10.0 Å². The summed E-state index contributed by atoms with van der Waals surface area (Å²) < 4.78 is 27.1. The molecule has 140 valence electrons. The number of benzene rings is 1. The van der Waals surface area contributed by atoms with Crippen molar-refractivity contribution < 1.29 is 18.0 Å². The van der Waals surface area contributed by atoms with Gasteiger partial charge in [0.15, 0.2) is 0 Å². The lowest BCUT2D eigenvalue weighted by molar-refractivity contribution is -0.122. The maximum Gasteiger partial charge on any atom is 0.264 e. The first kappa shape index (κ1) is 17.6. The first-order valence-corrected chi connectivity index (χ1v) is 10.2. The third-order valence-corrected chi connectivity index (χ3v) is 6.38. The maximum absolute atomic E-state index is 12.6. The van der Waals surface area contributed by atoms with Gasteiger partial charge in [0.1, 0.15) is 0 Å². The summed E-state index contributed by atoms with van der Waals surface area (Å²) >= 11 is 0. The second kappa shape index (κ2) is 6.73. The lowest BCUT2D eigenvalue weighted by Crippen LogP contribution is -2.30. The molecular weight excluding hydrogens is 368 g/mol. The number of carbonyl (C=O) groups is 2. The number of imide groups is 1. The van der Waals surface area contributed by atoms with Gasteiger partial charge in [-0.3, -0.25) is 14.5 Å². The minimum Gasteiger partial charge on any atom is -0.274 e. The molecule has 1 aromatic carbocycles. The second-order valence-electron chi connectivity index (χ2n) is 6.68. The SMILES string of the molecule is O=C1[C@@H]2CCCC[C@H]2C(=O)N1c1ccc(S(=O)(=O)Nc2ncccn2)cc1. The van der Waals surface area contributed by atoms with E-state index in [1.807, 2.05) is 0 Å². The molecule has 1 aromatic heterocycles. The fourth-order valence-electron chi connectivity index (χ4n) is 3.72. The highest BCUT2D eigenvalue weighted by Crippen LogP contribution is 2.40. The van der Waals surface area contributed by atoms with Crippen molar-refractivity contribution in [3.05, 3.63) is 42.7 Å². The third kappa shape index (κ3) is 3.18. The Labute approximate surface area is 156 Å². The molecule has 2 atom stereocenters. The zero-order valence-corrected chi connectivity index (χ0v) is 15.2. The Balaban J connectivity index is 1.57. The van der Waals surface area contributed by atoms with Gasteiger partial charge in [-0.05, 0) is 43.2 Å². The smallest absolute Gasteiger partial charge is 0.264 e. The van der Waals surface area contributed by atoms with E-state index in [1.54, 1.807) is 6.07 Å². The van der Waals surface area contributed by atoms with Crippen LogP contribution < -0.4 is 9.62 Å². The molecule has 1 N–H and O–H groups in total. The molecule has 1 saturated carbocycles. The fraction of sp³-hybridized carbons (Fsp3) is 0.333. The maximum atomic E-state index is 12.6. The van der Waals surface area contributed by atoms with Crippen molar-refractivity contribution >= 4 is 33.5 Å². The molecule has 4 rings (SSSR count). The molecule has 1 aliphatic carbocycles. The molecule has 27 heavy (non-hydrogen) atoms.